The molecule has 0 aromatic heterocycles. The van der Waals surface area contributed by atoms with Gasteiger partial charge in [0.05, 0.1) is 12.5 Å². The third-order valence-electron chi connectivity index (χ3n) is 3.86. The molecule has 1 atom stereocenters. The molecule has 0 aliphatic carbocycles. The number of nitrogens with zero attached hydrogens (tertiary/aromatic N) is 1. The highest BCUT2D eigenvalue weighted by molar-refractivity contribution is 5.97. The Hall–Kier alpha value is -1.68. The lowest BCUT2D eigenvalue weighted by Crippen LogP contribution is -2.31. The molecule has 1 aliphatic heterocycles. The Balaban J connectivity index is 1.90. The summed E-state index contributed by atoms with van der Waals surface area (Å²) in [6.45, 7) is 3.89. The summed E-state index contributed by atoms with van der Waals surface area (Å²) in [5, 5.41) is 0. The molecule has 20 heavy (non-hydrogen) atoms. The van der Waals surface area contributed by atoms with Gasteiger partial charge in [-0.25, -0.2) is 0 Å². The van der Waals surface area contributed by atoms with Crippen molar-refractivity contribution in [2.75, 3.05) is 19.6 Å². The molecule has 1 saturated heterocycles. The van der Waals surface area contributed by atoms with E-state index in [0.29, 0.717) is 13.1 Å². The van der Waals surface area contributed by atoms with Gasteiger partial charge in [-0.2, -0.15) is 0 Å². The van der Waals surface area contributed by atoms with Crippen LogP contribution in [0.25, 0.3) is 0 Å². The molecule has 1 amide bonds. The molecule has 1 aliphatic rings. The highest BCUT2D eigenvalue weighted by Gasteiger charge is 2.27. The van der Waals surface area contributed by atoms with Crippen molar-refractivity contribution in [3.05, 3.63) is 35.4 Å². The number of amides is 1. The van der Waals surface area contributed by atoms with Crippen LogP contribution in [0.5, 0.6) is 0 Å². The summed E-state index contributed by atoms with van der Waals surface area (Å²) >= 11 is 0. The second kappa shape index (κ2) is 6.66. The van der Waals surface area contributed by atoms with Crippen LogP contribution in [0.4, 0.5) is 0 Å². The number of likely N-dealkylation sites (tertiary alicyclic amines) is 1. The van der Waals surface area contributed by atoms with Crippen LogP contribution < -0.4 is 5.73 Å². The molecule has 108 valence electrons. The molecule has 1 heterocycles. The molecular formula is C16H22N2O2. The molecule has 1 unspecified atom stereocenters. The number of hydrogen-bond acceptors (Lipinski definition) is 3. The average Bonchev–Trinajstić information content (AvgIpc) is 2.88. The van der Waals surface area contributed by atoms with E-state index in [0.717, 1.165) is 31.4 Å². The van der Waals surface area contributed by atoms with Crippen LogP contribution in [0.1, 0.15) is 35.7 Å². The lowest BCUT2D eigenvalue weighted by Gasteiger charge is -2.14. The predicted octanol–water partition coefficient (Wildman–Crippen LogP) is 1.63. The maximum absolute atomic E-state index is 12.2. The van der Waals surface area contributed by atoms with Crippen LogP contribution in [0.3, 0.4) is 0 Å². The zero-order chi connectivity index (χ0) is 14.5. The van der Waals surface area contributed by atoms with Crippen molar-refractivity contribution < 1.29 is 9.59 Å². The van der Waals surface area contributed by atoms with Gasteiger partial charge in [0, 0.05) is 12.1 Å². The summed E-state index contributed by atoms with van der Waals surface area (Å²) in [6.07, 6.45) is 2.91. The van der Waals surface area contributed by atoms with Crippen LogP contribution in [-0.2, 0) is 11.2 Å². The summed E-state index contributed by atoms with van der Waals surface area (Å²) in [4.78, 5) is 25.3. The van der Waals surface area contributed by atoms with Crippen LogP contribution in [-0.4, -0.2) is 36.2 Å². The number of hydrogen-bond donors (Lipinski definition) is 1. The monoisotopic (exact) mass is 274 g/mol. The molecule has 0 saturated carbocycles. The number of ketones is 1. The zero-order valence-electron chi connectivity index (χ0n) is 12.0. The van der Waals surface area contributed by atoms with Gasteiger partial charge in [0.25, 0.3) is 0 Å². The second-order valence-corrected chi connectivity index (χ2v) is 5.49. The first-order valence-corrected chi connectivity index (χ1v) is 7.24. The number of nitrogens with two attached hydrogens (primary N) is 1. The number of carbonyl (C=O) groups excluding carboxylic acids is 2. The number of aryl methyl sites for hydroxylation is 1. The fourth-order valence-electron chi connectivity index (χ4n) is 2.65. The standard InChI is InChI=1S/C16H22N2O2/c1-2-3-12-4-6-13(7-5-12)15(19)11-18-9-8-14(10-18)16(17)20/h4-7,14H,2-3,8-11H2,1H3,(H2,17,20). The van der Waals surface area contributed by atoms with E-state index in [1.807, 2.05) is 29.2 Å². The van der Waals surface area contributed by atoms with E-state index < -0.39 is 0 Å². The van der Waals surface area contributed by atoms with Gasteiger partial charge in [-0.15, -0.1) is 0 Å². The Morgan fingerprint density at radius 3 is 2.55 bits per heavy atom. The Morgan fingerprint density at radius 1 is 1.30 bits per heavy atom. The molecule has 0 radical (unpaired) electrons. The van der Waals surface area contributed by atoms with Gasteiger partial charge in [-0.05, 0) is 24.9 Å². The summed E-state index contributed by atoms with van der Waals surface area (Å²) < 4.78 is 0. The Kier molecular flexibility index (Phi) is 4.90. The molecular weight excluding hydrogens is 252 g/mol. The average molecular weight is 274 g/mol. The fraction of sp³-hybridized carbons (Fsp3) is 0.500. The minimum atomic E-state index is -0.260. The molecule has 4 heteroatoms. The molecule has 2 rings (SSSR count). The Labute approximate surface area is 119 Å². The number of Topliss-reactive ketones (excluding diaryl/α,β-unsaturated/α-hetero) is 1. The molecule has 0 spiro atoms. The molecule has 1 aromatic rings. The molecule has 1 fully saturated rings. The summed E-state index contributed by atoms with van der Waals surface area (Å²) in [5.74, 6) is -0.253. The van der Waals surface area contributed by atoms with Crippen molar-refractivity contribution in [2.24, 2.45) is 11.7 Å². The summed E-state index contributed by atoms with van der Waals surface area (Å²) in [5.41, 5.74) is 7.30. The molecule has 4 nitrogen and oxygen atoms in total. The van der Waals surface area contributed by atoms with Crippen molar-refractivity contribution >= 4 is 11.7 Å². The van der Waals surface area contributed by atoms with Gasteiger partial charge in [-0.3, -0.25) is 14.5 Å². The van der Waals surface area contributed by atoms with Crippen molar-refractivity contribution in [3.63, 3.8) is 0 Å². The van der Waals surface area contributed by atoms with Crippen molar-refractivity contribution in [3.8, 4) is 0 Å². The highest BCUT2D eigenvalue weighted by atomic mass is 16.1. The van der Waals surface area contributed by atoms with Crippen LogP contribution in [0.2, 0.25) is 0 Å². The van der Waals surface area contributed by atoms with Crippen LogP contribution in [0.15, 0.2) is 24.3 Å². The van der Waals surface area contributed by atoms with Gasteiger partial charge in [-0.1, -0.05) is 37.6 Å². The van der Waals surface area contributed by atoms with E-state index in [2.05, 4.69) is 6.92 Å². The third kappa shape index (κ3) is 3.67. The minimum Gasteiger partial charge on any atom is -0.369 e. The first-order valence-electron chi connectivity index (χ1n) is 7.24. The topological polar surface area (TPSA) is 63.4 Å². The highest BCUT2D eigenvalue weighted by Crippen LogP contribution is 2.16. The van der Waals surface area contributed by atoms with Gasteiger partial charge in [0.2, 0.25) is 5.91 Å². The second-order valence-electron chi connectivity index (χ2n) is 5.49. The van der Waals surface area contributed by atoms with Gasteiger partial charge < -0.3 is 5.73 Å². The number of rotatable bonds is 6. The lowest BCUT2D eigenvalue weighted by atomic mass is 10.1. The maximum atomic E-state index is 12.2. The molecule has 1 aromatic carbocycles. The molecule has 2 N–H and O–H groups in total. The normalized spacial score (nSPS) is 19.1. The summed E-state index contributed by atoms with van der Waals surface area (Å²) in [7, 11) is 0. The van der Waals surface area contributed by atoms with Crippen molar-refractivity contribution in [2.45, 2.75) is 26.2 Å². The van der Waals surface area contributed by atoms with Gasteiger partial charge in [0.15, 0.2) is 5.78 Å². The van der Waals surface area contributed by atoms with E-state index >= 15 is 0 Å². The predicted molar refractivity (Wildman–Crippen MR) is 78.5 cm³/mol. The molecule has 0 bridgehead atoms. The lowest BCUT2D eigenvalue weighted by molar-refractivity contribution is -0.121. The largest absolute Gasteiger partial charge is 0.369 e. The zero-order valence-corrected chi connectivity index (χ0v) is 12.0. The minimum absolute atomic E-state index is 0.102. The Morgan fingerprint density at radius 2 is 2.00 bits per heavy atom. The summed E-state index contributed by atoms with van der Waals surface area (Å²) in [6, 6.07) is 7.84. The van der Waals surface area contributed by atoms with Crippen LogP contribution >= 0.6 is 0 Å². The van der Waals surface area contributed by atoms with E-state index in [1.54, 1.807) is 0 Å². The smallest absolute Gasteiger partial charge is 0.221 e. The van der Waals surface area contributed by atoms with E-state index in [-0.39, 0.29) is 17.6 Å². The van der Waals surface area contributed by atoms with Crippen LogP contribution in [0, 0.1) is 5.92 Å². The van der Waals surface area contributed by atoms with E-state index in [4.69, 9.17) is 5.73 Å². The number of carbonyl (C=O) groups is 2. The van der Waals surface area contributed by atoms with Crippen molar-refractivity contribution in [1.29, 1.82) is 0 Å². The quantitative estimate of drug-likeness (QED) is 0.802. The van der Waals surface area contributed by atoms with E-state index in [9.17, 15) is 9.59 Å². The first kappa shape index (κ1) is 14.7. The van der Waals surface area contributed by atoms with Crippen molar-refractivity contribution in [1.82, 2.24) is 4.90 Å². The Bertz CT molecular complexity index is 482. The SMILES string of the molecule is CCCc1ccc(C(=O)CN2CCC(C(N)=O)C2)cc1. The maximum Gasteiger partial charge on any atom is 0.221 e. The third-order valence-corrected chi connectivity index (χ3v) is 3.86. The number of primary amides is 1. The number of benzene rings is 1. The first-order chi connectivity index (χ1) is 9.60. The van der Waals surface area contributed by atoms with E-state index in [1.165, 1.54) is 5.56 Å². The van der Waals surface area contributed by atoms with Gasteiger partial charge >= 0.3 is 0 Å². The fourth-order valence-corrected chi connectivity index (χ4v) is 2.65. The van der Waals surface area contributed by atoms with Gasteiger partial charge in [0.1, 0.15) is 0 Å².